The summed E-state index contributed by atoms with van der Waals surface area (Å²) in [5, 5.41) is 15.0. The van der Waals surface area contributed by atoms with Crippen molar-refractivity contribution in [1.29, 1.82) is 0 Å². The maximum atomic E-state index is 11.4. The van der Waals surface area contributed by atoms with Crippen LogP contribution in [0.5, 0.6) is 0 Å². The van der Waals surface area contributed by atoms with Crippen LogP contribution < -0.4 is 11.1 Å². The summed E-state index contributed by atoms with van der Waals surface area (Å²) >= 11 is 0. The van der Waals surface area contributed by atoms with Crippen LogP contribution in [0.3, 0.4) is 0 Å². The molecule has 1 amide bonds. The number of carboxylic acids is 1. The van der Waals surface area contributed by atoms with Crippen molar-refractivity contribution in [2.75, 3.05) is 26.0 Å². The molecule has 0 aliphatic carbocycles. The highest BCUT2D eigenvalue weighted by molar-refractivity contribution is 5.91. The number of amides is 1. The number of anilines is 1. The van der Waals surface area contributed by atoms with Crippen LogP contribution in [-0.2, 0) is 16.1 Å². The SMILES string of the molecule is COCCNC(=O)Cn1cc(N)c(C(=O)O)n1. The summed E-state index contributed by atoms with van der Waals surface area (Å²) in [6, 6.07) is 0. The minimum absolute atomic E-state index is 0.0298. The Labute approximate surface area is 97.3 Å². The minimum atomic E-state index is -1.22. The van der Waals surface area contributed by atoms with Gasteiger partial charge in [-0.15, -0.1) is 0 Å². The van der Waals surface area contributed by atoms with Crippen LogP contribution in [0, 0.1) is 0 Å². The first-order valence-electron chi connectivity index (χ1n) is 4.86. The third-order valence-electron chi connectivity index (χ3n) is 1.93. The van der Waals surface area contributed by atoms with E-state index in [2.05, 4.69) is 10.4 Å². The zero-order valence-corrected chi connectivity index (χ0v) is 9.34. The number of carboxylic acid groups (broad SMARTS) is 1. The van der Waals surface area contributed by atoms with Gasteiger partial charge in [0.25, 0.3) is 0 Å². The van der Waals surface area contributed by atoms with E-state index in [1.54, 1.807) is 0 Å². The molecule has 0 aliphatic rings. The molecule has 8 heteroatoms. The molecule has 4 N–H and O–H groups in total. The van der Waals surface area contributed by atoms with Gasteiger partial charge >= 0.3 is 5.97 Å². The van der Waals surface area contributed by atoms with Crippen LogP contribution >= 0.6 is 0 Å². The van der Waals surface area contributed by atoms with E-state index in [9.17, 15) is 9.59 Å². The topological polar surface area (TPSA) is 119 Å². The van der Waals surface area contributed by atoms with Gasteiger partial charge in [0, 0.05) is 19.9 Å². The summed E-state index contributed by atoms with van der Waals surface area (Å²) in [5.41, 5.74) is 5.20. The van der Waals surface area contributed by atoms with Crippen LogP contribution in [0.15, 0.2) is 6.20 Å². The smallest absolute Gasteiger partial charge is 0.358 e. The summed E-state index contributed by atoms with van der Waals surface area (Å²) in [4.78, 5) is 22.0. The molecule has 0 saturated carbocycles. The molecule has 8 nitrogen and oxygen atoms in total. The highest BCUT2D eigenvalue weighted by Crippen LogP contribution is 2.08. The second-order valence-corrected chi connectivity index (χ2v) is 3.28. The molecule has 0 atom stereocenters. The monoisotopic (exact) mass is 242 g/mol. The van der Waals surface area contributed by atoms with Crippen molar-refractivity contribution in [2.24, 2.45) is 0 Å². The number of nitrogens with two attached hydrogens (primary N) is 1. The maximum Gasteiger partial charge on any atom is 0.358 e. The summed E-state index contributed by atoms with van der Waals surface area (Å²) in [6.07, 6.45) is 1.30. The fraction of sp³-hybridized carbons (Fsp3) is 0.444. The molecule has 0 aliphatic heterocycles. The number of aromatic carboxylic acids is 1. The number of hydrogen-bond acceptors (Lipinski definition) is 5. The van der Waals surface area contributed by atoms with Crippen molar-refractivity contribution >= 4 is 17.6 Å². The van der Waals surface area contributed by atoms with E-state index in [1.807, 2.05) is 0 Å². The number of methoxy groups -OCH3 is 1. The van der Waals surface area contributed by atoms with Crippen LogP contribution in [0.25, 0.3) is 0 Å². The Morgan fingerprint density at radius 3 is 2.88 bits per heavy atom. The highest BCUT2D eigenvalue weighted by Gasteiger charge is 2.14. The summed E-state index contributed by atoms with van der Waals surface area (Å²) in [5.74, 6) is -1.51. The predicted octanol–water partition coefficient (Wildman–Crippen LogP) is -1.07. The Hall–Kier alpha value is -2.09. The lowest BCUT2D eigenvalue weighted by atomic mass is 10.4. The lowest BCUT2D eigenvalue weighted by Gasteiger charge is -2.03. The van der Waals surface area contributed by atoms with Crippen LogP contribution in [-0.4, -0.2) is 47.0 Å². The average molecular weight is 242 g/mol. The number of ether oxygens (including phenoxy) is 1. The van der Waals surface area contributed by atoms with E-state index < -0.39 is 5.97 Å². The normalized spacial score (nSPS) is 10.2. The molecule has 0 bridgehead atoms. The number of aromatic nitrogens is 2. The molecule has 0 unspecified atom stereocenters. The quantitative estimate of drug-likeness (QED) is 0.546. The number of nitrogen functional groups attached to an aromatic ring is 1. The maximum absolute atomic E-state index is 11.4. The molecule has 0 spiro atoms. The molecule has 0 fully saturated rings. The van der Waals surface area contributed by atoms with E-state index in [0.717, 1.165) is 0 Å². The van der Waals surface area contributed by atoms with Gasteiger partial charge in [-0.25, -0.2) is 4.79 Å². The second-order valence-electron chi connectivity index (χ2n) is 3.28. The molecule has 0 aromatic carbocycles. The number of rotatable bonds is 6. The van der Waals surface area contributed by atoms with Crippen LogP contribution in [0.4, 0.5) is 5.69 Å². The number of carbonyl (C=O) groups excluding carboxylic acids is 1. The fourth-order valence-corrected chi connectivity index (χ4v) is 1.18. The number of hydrogen-bond donors (Lipinski definition) is 3. The molecular formula is C9H14N4O4. The van der Waals surface area contributed by atoms with Crippen molar-refractivity contribution in [1.82, 2.24) is 15.1 Å². The highest BCUT2D eigenvalue weighted by atomic mass is 16.5. The Balaban J connectivity index is 2.54. The van der Waals surface area contributed by atoms with Gasteiger partial charge in [0.15, 0.2) is 5.69 Å². The van der Waals surface area contributed by atoms with Crippen LogP contribution in [0.1, 0.15) is 10.5 Å². The molecule has 1 aromatic heterocycles. The minimum Gasteiger partial charge on any atom is -0.476 e. The predicted molar refractivity (Wildman–Crippen MR) is 58.5 cm³/mol. The fourth-order valence-electron chi connectivity index (χ4n) is 1.18. The van der Waals surface area contributed by atoms with Gasteiger partial charge < -0.3 is 20.9 Å². The number of nitrogens with one attached hydrogen (secondary N) is 1. The van der Waals surface area contributed by atoms with Crippen molar-refractivity contribution in [3.63, 3.8) is 0 Å². The van der Waals surface area contributed by atoms with Gasteiger partial charge in [-0.2, -0.15) is 5.10 Å². The molecule has 17 heavy (non-hydrogen) atoms. The summed E-state index contributed by atoms with van der Waals surface area (Å²) in [6.45, 7) is 0.715. The third kappa shape index (κ3) is 3.76. The lowest BCUT2D eigenvalue weighted by molar-refractivity contribution is -0.122. The Morgan fingerprint density at radius 2 is 2.35 bits per heavy atom. The van der Waals surface area contributed by atoms with Gasteiger partial charge in [-0.3, -0.25) is 9.48 Å². The van der Waals surface area contributed by atoms with Gasteiger partial charge in [0.2, 0.25) is 5.91 Å². The number of carbonyl (C=O) groups is 2. The van der Waals surface area contributed by atoms with Gasteiger partial charge in [-0.05, 0) is 0 Å². The first kappa shape index (κ1) is 13.0. The van der Waals surface area contributed by atoms with E-state index in [-0.39, 0.29) is 23.8 Å². The second kappa shape index (κ2) is 5.85. The zero-order chi connectivity index (χ0) is 12.8. The lowest BCUT2D eigenvalue weighted by Crippen LogP contribution is -2.30. The molecular weight excluding hydrogens is 228 g/mol. The summed E-state index contributed by atoms with van der Waals surface area (Å²) in [7, 11) is 1.53. The Morgan fingerprint density at radius 1 is 1.65 bits per heavy atom. The van der Waals surface area contributed by atoms with Crippen LogP contribution in [0.2, 0.25) is 0 Å². The summed E-state index contributed by atoms with van der Waals surface area (Å²) < 4.78 is 5.94. The largest absolute Gasteiger partial charge is 0.476 e. The van der Waals surface area contributed by atoms with Gasteiger partial charge in [0.1, 0.15) is 6.54 Å². The standard InChI is InChI=1S/C9H14N4O4/c1-17-3-2-11-7(14)5-13-4-6(10)8(12-13)9(15)16/h4H,2-3,5,10H2,1H3,(H,11,14)(H,15,16). The van der Waals surface area contributed by atoms with Crippen molar-refractivity contribution in [3.8, 4) is 0 Å². The molecule has 0 saturated heterocycles. The van der Waals surface area contributed by atoms with Crippen molar-refractivity contribution in [3.05, 3.63) is 11.9 Å². The molecule has 0 radical (unpaired) electrons. The Kier molecular flexibility index (Phi) is 4.46. The van der Waals surface area contributed by atoms with Gasteiger partial charge in [-0.1, -0.05) is 0 Å². The van der Waals surface area contributed by atoms with Gasteiger partial charge in [0.05, 0.1) is 12.3 Å². The van der Waals surface area contributed by atoms with Crippen molar-refractivity contribution < 1.29 is 19.4 Å². The average Bonchev–Trinajstić information content (AvgIpc) is 2.60. The third-order valence-corrected chi connectivity index (χ3v) is 1.93. The first-order chi connectivity index (χ1) is 8.04. The number of nitrogens with zero attached hydrogens (tertiary/aromatic N) is 2. The molecule has 1 rings (SSSR count). The Bertz CT molecular complexity index is 415. The van der Waals surface area contributed by atoms with E-state index in [1.165, 1.54) is 18.0 Å². The van der Waals surface area contributed by atoms with E-state index in [4.69, 9.17) is 15.6 Å². The molecule has 1 aromatic rings. The molecule has 1 heterocycles. The van der Waals surface area contributed by atoms with E-state index in [0.29, 0.717) is 13.2 Å². The van der Waals surface area contributed by atoms with E-state index >= 15 is 0 Å². The molecule has 94 valence electrons. The first-order valence-corrected chi connectivity index (χ1v) is 4.86. The van der Waals surface area contributed by atoms with Crippen molar-refractivity contribution in [2.45, 2.75) is 6.54 Å². The zero-order valence-electron chi connectivity index (χ0n) is 9.34.